The van der Waals surface area contributed by atoms with Crippen LogP contribution in [0.3, 0.4) is 0 Å². The molecule has 1 N–H and O–H groups in total. The normalized spacial score (nSPS) is 11.0. The average molecular weight is 286 g/mol. The van der Waals surface area contributed by atoms with E-state index in [2.05, 4.69) is 41.4 Å². The number of hydrogen-bond acceptors (Lipinski definition) is 2. The second kappa shape index (κ2) is 7.91. The molecular weight excluding hydrogens is 263 g/mol. The Labute approximate surface area is 126 Å². The molecule has 0 aliphatic heterocycles. The molecule has 0 unspecified atom stereocenters. The molecule has 0 heterocycles. The van der Waals surface area contributed by atoms with Gasteiger partial charge in [-0.3, -0.25) is 4.90 Å². The van der Waals surface area contributed by atoms with Crippen LogP contribution in [-0.2, 0) is 19.6 Å². The van der Waals surface area contributed by atoms with Crippen molar-refractivity contribution in [1.82, 2.24) is 10.2 Å². The van der Waals surface area contributed by atoms with E-state index in [0.29, 0.717) is 6.54 Å². The van der Waals surface area contributed by atoms with E-state index in [1.807, 2.05) is 19.2 Å². The number of halogens is 1. The van der Waals surface area contributed by atoms with Crippen LogP contribution >= 0.6 is 0 Å². The van der Waals surface area contributed by atoms with Gasteiger partial charge in [0.1, 0.15) is 5.82 Å². The van der Waals surface area contributed by atoms with Crippen LogP contribution in [0.5, 0.6) is 0 Å². The average Bonchev–Trinajstić information content (AvgIpc) is 2.49. The van der Waals surface area contributed by atoms with Crippen molar-refractivity contribution in [3.05, 3.63) is 71.0 Å². The van der Waals surface area contributed by atoms with Gasteiger partial charge in [-0.05, 0) is 30.8 Å². The summed E-state index contributed by atoms with van der Waals surface area (Å²) < 4.78 is 13.6. The van der Waals surface area contributed by atoms with Gasteiger partial charge in [-0.2, -0.15) is 0 Å². The summed E-state index contributed by atoms with van der Waals surface area (Å²) in [6.45, 7) is 5.42. The summed E-state index contributed by atoms with van der Waals surface area (Å²) >= 11 is 0. The van der Waals surface area contributed by atoms with E-state index >= 15 is 0 Å². The fourth-order valence-corrected chi connectivity index (χ4v) is 2.32. The molecule has 0 fully saturated rings. The lowest BCUT2D eigenvalue weighted by Gasteiger charge is -2.17. The second-order valence-corrected chi connectivity index (χ2v) is 5.36. The first kappa shape index (κ1) is 15.7. The molecule has 0 aliphatic carbocycles. The molecule has 21 heavy (non-hydrogen) atoms. The second-order valence-electron chi connectivity index (χ2n) is 5.36. The molecule has 0 aliphatic rings. The predicted molar refractivity (Wildman–Crippen MR) is 85.4 cm³/mol. The fourth-order valence-electron chi connectivity index (χ4n) is 2.32. The van der Waals surface area contributed by atoms with Crippen LogP contribution < -0.4 is 5.32 Å². The molecule has 0 bridgehead atoms. The van der Waals surface area contributed by atoms with Crippen molar-refractivity contribution >= 4 is 0 Å². The number of nitrogens with one attached hydrogen (secondary N) is 1. The zero-order valence-electron chi connectivity index (χ0n) is 12.8. The van der Waals surface area contributed by atoms with Gasteiger partial charge in [-0.15, -0.1) is 0 Å². The Kier molecular flexibility index (Phi) is 5.90. The standard InChI is InChI=1S/C18H23FN2/c1-3-20-12-15-8-10-16(11-9-15)13-21(2)14-17-6-4-5-7-18(17)19/h4-11,20H,3,12-14H2,1-2H3. The molecule has 0 atom stereocenters. The van der Waals surface area contributed by atoms with Gasteiger partial charge in [0.25, 0.3) is 0 Å². The summed E-state index contributed by atoms with van der Waals surface area (Å²) in [6, 6.07) is 15.5. The third kappa shape index (κ3) is 4.96. The molecule has 0 amide bonds. The van der Waals surface area contributed by atoms with Crippen LogP contribution in [0.1, 0.15) is 23.6 Å². The van der Waals surface area contributed by atoms with Crippen LogP contribution in [-0.4, -0.2) is 18.5 Å². The monoisotopic (exact) mass is 286 g/mol. The number of rotatable bonds is 7. The van der Waals surface area contributed by atoms with Crippen molar-refractivity contribution in [3.8, 4) is 0 Å². The highest BCUT2D eigenvalue weighted by atomic mass is 19.1. The predicted octanol–water partition coefficient (Wildman–Crippen LogP) is 3.57. The summed E-state index contributed by atoms with van der Waals surface area (Å²) in [6.07, 6.45) is 0. The Morgan fingerprint density at radius 3 is 2.29 bits per heavy atom. The van der Waals surface area contributed by atoms with E-state index < -0.39 is 0 Å². The minimum Gasteiger partial charge on any atom is -0.313 e. The van der Waals surface area contributed by atoms with Crippen molar-refractivity contribution in [3.63, 3.8) is 0 Å². The highest BCUT2D eigenvalue weighted by Gasteiger charge is 2.05. The molecule has 2 rings (SSSR count). The summed E-state index contributed by atoms with van der Waals surface area (Å²) in [4.78, 5) is 2.12. The molecule has 3 heteroatoms. The lowest BCUT2D eigenvalue weighted by Crippen LogP contribution is -2.18. The maximum absolute atomic E-state index is 13.6. The molecule has 2 aromatic rings. The summed E-state index contributed by atoms with van der Waals surface area (Å²) in [7, 11) is 2.01. The first-order chi connectivity index (χ1) is 10.2. The number of nitrogens with zero attached hydrogens (tertiary/aromatic N) is 1. The van der Waals surface area contributed by atoms with Gasteiger partial charge in [-0.25, -0.2) is 4.39 Å². The zero-order chi connectivity index (χ0) is 15.1. The first-order valence-corrected chi connectivity index (χ1v) is 7.39. The fraction of sp³-hybridized carbons (Fsp3) is 0.333. The zero-order valence-corrected chi connectivity index (χ0v) is 12.8. The van der Waals surface area contributed by atoms with Gasteiger partial charge in [0.2, 0.25) is 0 Å². The van der Waals surface area contributed by atoms with Gasteiger partial charge >= 0.3 is 0 Å². The lowest BCUT2D eigenvalue weighted by atomic mass is 10.1. The summed E-state index contributed by atoms with van der Waals surface area (Å²) in [5.41, 5.74) is 3.27. The third-order valence-corrected chi connectivity index (χ3v) is 3.45. The van der Waals surface area contributed by atoms with E-state index in [9.17, 15) is 4.39 Å². The van der Waals surface area contributed by atoms with Gasteiger partial charge in [-0.1, -0.05) is 49.4 Å². The Morgan fingerprint density at radius 2 is 1.62 bits per heavy atom. The maximum atomic E-state index is 13.6. The molecule has 112 valence electrons. The van der Waals surface area contributed by atoms with Gasteiger partial charge in [0.15, 0.2) is 0 Å². The van der Waals surface area contributed by atoms with Crippen LogP contribution in [0.2, 0.25) is 0 Å². The van der Waals surface area contributed by atoms with Crippen LogP contribution in [0.15, 0.2) is 48.5 Å². The minimum atomic E-state index is -0.134. The van der Waals surface area contributed by atoms with E-state index in [4.69, 9.17) is 0 Å². The smallest absolute Gasteiger partial charge is 0.127 e. The molecule has 0 saturated heterocycles. The lowest BCUT2D eigenvalue weighted by molar-refractivity contribution is 0.313. The quantitative estimate of drug-likeness (QED) is 0.837. The highest BCUT2D eigenvalue weighted by molar-refractivity contribution is 5.23. The molecule has 0 aromatic heterocycles. The Hall–Kier alpha value is -1.71. The highest BCUT2D eigenvalue weighted by Crippen LogP contribution is 2.12. The molecular formula is C18H23FN2. The number of hydrogen-bond donors (Lipinski definition) is 1. The Balaban J connectivity index is 1.90. The Bertz CT molecular complexity index is 551. The van der Waals surface area contributed by atoms with E-state index in [0.717, 1.165) is 25.2 Å². The SMILES string of the molecule is CCNCc1ccc(CN(C)Cc2ccccc2F)cc1. The largest absolute Gasteiger partial charge is 0.313 e. The van der Waals surface area contributed by atoms with E-state index in [-0.39, 0.29) is 5.82 Å². The molecule has 0 spiro atoms. The van der Waals surface area contributed by atoms with Crippen LogP contribution in [0.4, 0.5) is 4.39 Å². The van der Waals surface area contributed by atoms with Crippen molar-refractivity contribution in [2.75, 3.05) is 13.6 Å². The van der Waals surface area contributed by atoms with Crippen molar-refractivity contribution < 1.29 is 4.39 Å². The van der Waals surface area contributed by atoms with Crippen molar-refractivity contribution in [2.24, 2.45) is 0 Å². The summed E-state index contributed by atoms with van der Waals surface area (Å²) in [5.74, 6) is -0.134. The van der Waals surface area contributed by atoms with Crippen LogP contribution in [0.25, 0.3) is 0 Å². The van der Waals surface area contributed by atoms with Gasteiger partial charge < -0.3 is 5.32 Å². The summed E-state index contributed by atoms with van der Waals surface area (Å²) in [5, 5.41) is 3.31. The molecule has 2 nitrogen and oxygen atoms in total. The third-order valence-electron chi connectivity index (χ3n) is 3.45. The minimum absolute atomic E-state index is 0.134. The Morgan fingerprint density at radius 1 is 0.952 bits per heavy atom. The maximum Gasteiger partial charge on any atom is 0.127 e. The van der Waals surface area contributed by atoms with Crippen molar-refractivity contribution in [1.29, 1.82) is 0 Å². The first-order valence-electron chi connectivity index (χ1n) is 7.39. The molecule has 2 aromatic carbocycles. The van der Waals surface area contributed by atoms with E-state index in [1.165, 1.54) is 17.2 Å². The van der Waals surface area contributed by atoms with Crippen molar-refractivity contribution in [2.45, 2.75) is 26.6 Å². The van der Waals surface area contributed by atoms with Crippen LogP contribution in [0, 0.1) is 5.82 Å². The topological polar surface area (TPSA) is 15.3 Å². The van der Waals surface area contributed by atoms with E-state index in [1.54, 1.807) is 6.07 Å². The van der Waals surface area contributed by atoms with Gasteiger partial charge in [0.05, 0.1) is 0 Å². The van der Waals surface area contributed by atoms with Gasteiger partial charge in [0, 0.05) is 25.2 Å². The number of benzene rings is 2. The molecule has 0 saturated carbocycles. The molecule has 0 radical (unpaired) electrons.